The van der Waals surface area contributed by atoms with E-state index in [9.17, 15) is 0 Å². The molecule has 1 atom stereocenters. The SMILES string of the molecule is Cc1cc(C)cc(C(c2ccc(-c3ccccc3)cc2)N2CCNCC2)c1. The summed E-state index contributed by atoms with van der Waals surface area (Å²) in [5, 5.41) is 3.48. The van der Waals surface area contributed by atoms with Crippen LogP contribution in [0.1, 0.15) is 28.3 Å². The normalized spacial score (nSPS) is 16.2. The molecule has 0 saturated carbocycles. The number of hydrogen-bond acceptors (Lipinski definition) is 2. The molecule has 1 aliphatic rings. The fourth-order valence-corrected chi connectivity index (χ4v) is 4.21. The van der Waals surface area contributed by atoms with E-state index in [4.69, 9.17) is 0 Å². The summed E-state index contributed by atoms with van der Waals surface area (Å²) in [6.45, 7) is 8.68. The molecule has 0 aliphatic carbocycles. The lowest BCUT2D eigenvalue weighted by molar-refractivity contribution is 0.198. The number of hydrogen-bond donors (Lipinski definition) is 1. The van der Waals surface area contributed by atoms with Gasteiger partial charge in [-0.25, -0.2) is 0 Å². The molecule has 0 radical (unpaired) electrons. The Bertz CT molecular complexity index is 858. The number of piperazine rings is 1. The van der Waals surface area contributed by atoms with Gasteiger partial charge in [0.05, 0.1) is 6.04 Å². The maximum atomic E-state index is 3.48. The van der Waals surface area contributed by atoms with Crippen LogP contribution < -0.4 is 5.32 Å². The minimum atomic E-state index is 0.315. The molecule has 3 aromatic rings. The van der Waals surface area contributed by atoms with E-state index in [-0.39, 0.29) is 0 Å². The number of rotatable bonds is 4. The van der Waals surface area contributed by atoms with Crippen LogP contribution in [0.4, 0.5) is 0 Å². The Morgan fingerprint density at radius 3 is 1.93 bits per heavy atom. The van der Waals surface area contributed by atoms with E-state index in [2.05, 4.69) is 96.9 Å². The molecular weight excluding hydrogens is 328 g/mol. The van der Waals surface area contributed by atoms with E-state index in [1.54, 1.807) is 0 Å². The van der Waals surface area contributed by atoms with Gasteiger partial charge >= 0.3 is 0 Å². The van der Waals surface area contributed by atoms with Gasteiger partial charge in [-0.2, -0.15) is 0 Å². The third-order valence-electron chi connectivity index (χ3n) is 5.41. The predicted molar refractivity (Wildman–Crippen MR) is 114 cm³/mol. The highest BCUT2D eigenvalue weighted by Crippen LogP contribution is 2.32. The first kappa shape index (κ1) is 18.0. The molecule has 27 heavy (non-hydrogen) atoms. The molecule has 0 spiro atoms. The van der Waals surface area contributed by atoms with Crippen LogP contribution in [0.15, 0.2) is 72.8 Å². The fourth-order valence-electron chi connectivity index (χ4n) is 4.21. The zero-order chi connectivity index (χ0) is 18.6. The second-order valence-corrected chi connectivity index (χ2v) is 7.60. The van der Waals surface area contributed by atoms with Crippen molar-refractivity contribution >= 4 is 0 Å². The summed E-state index contributed by atoms with van der Waals surface area (Å²) in [4.78, 5) is 2.61. The molecule has 1 unspecified atom stereocenters. The first-order valence-electron chi connectivity index (χ1n) is 9.89. The summed E-state index contributed by atoms with van der Waals surface area (Å²) < 4.78 is 0. The zero-order valence-electron chi connectivity index (χ0n) is 16.3. The number of nitrogens with zero attached hydrogens (tertiary/aromatic N) is 1. The maximum absolute atomic E-state index is 3.48. The molecule has 0 amide bonds. The van der Waals surface area contributed by atoms with E-state index < -0.39 is 0 Å². The molecule has 2 heteroatoms. The van der Waals surface area contributed by atoms with Crippen molar-refractivity contribution in [2.24, 2.45) is 0 Å². The molecule has 138 valence electrons. The van der Waals surface area contributed by atoms with Crippen LogP contribution in [-0.4, -0.2) is 31.1 Å². The van der Waals surface area contributed by atoms with Crippen molar-refractivity contribution in [1.29, 1.82) is 0 Å². The third kappa shape index (κ3) is 4.13. The van der Waals surface area contributed by atoms with Gasteiger partial charge in [-0.05, 0) is 36.1 Å². The van der Waals surface area contributed by atoms with E-state index in [0.717, 1.165) is 26.2 Å². The Kier molecular flexibility index (Phi) is 5.38. The fraction of sp³-hybridized carbons (Fsp3) is 0.280. The summed E-state index contributed by atoms with van der Waals surface area (Å²) in [5.41, 5.74) is 8.01. The molecule has 3 aromatic carbocycles. The molecule has 4 rings (SSSR count). The highest BCUT2D eigenvalue weighted by Gasteiger charge is 2.24. The van der Waals surface area contributed by atoms with Crippen molar-refractivity contribution in [3.05, 3.63) is 95.1 Å². The molecular formula is C25H28N2. The summed E-state index contributed by atoms with van der Waals surface area (Å²) in [5.74, 6) is 0. The number of aryl methyl sites for hydroxylation is 2. The van der Waals surface area contributed by atoms with Gasteiger partial charge in [0.15, 0.2) is 0 Å². The Hall–Kier alpha value is -2.42. The Morgan fingerprint density at radius 2 is 1.30 bits per heavy atom. The molecule has 1 heterocycles. The topological polar surface area (TPSA) is 15.3 Å². The lowest BCUT2D eigenvalue weighted by atomic mass is 9.92. The number of benzene rings is 3. The van der Waals surface area contributed by atoms with Gasteiger partial charge in [0, 0.05) is 26.2 Å². The Morgan fingerprint density at radius 1 is 0.704 bits per heavy atom. The van der Waals surface area contributed by atoms with E-state index in [1.165, 1.54) is 33.4 Å². The van der Waals surface area contributed by atoms with Crippen molar-refractivity contribution in [3.8, 4) is 11.1 Å². The van der Waals surface area contributed by atoms with Crippen LogP contribution in [0.3, 0.4) is 0 Å². The quantitative estimate of drug-likeness (QED) is 0.710. The standard InChI is InChI=1S/C25H28N2/c1-19-16-20(2)18-24(17-19)25(27-14-12-26-13-15-27)23-10-8-22(9-11-23)21-6-4-3-5-7-21/h3-11,16-18,25-26H,12-15H2,1-2H3. The highest BCUT2D eigenvalue weighted by atomic mass is 15.2. The van der Waals surface area contributed by atoms with Crippen LogP contribution in [-0.2, 0) is 0 Å². The van der Waals surface area contributed by atoms with E-state index in [0.29, 0.717) is 6.04 Å². The van der Waals surface area contributed by atoms with Crippen molar-refractivity contribution in [2.75, 3.05) is 26.2 Å². The largest absolute Gasteiger partial charge is 0.314 e. The highest BCUT2D eigenvalue weighted by molar-refractivity contribution is 5.63. The monoisotopic (exact) mass is 356 g/mol. The second kappa shape index (κ2) is 8.08. The Balaban J connectivity index is 1.71. The molecule has 2 nitrogen and oxygen atoms in total. The van der Waals surface area contributed by atoms with Gasteiger partial charge in [0.2, 0.25) is 0 Å². The second-order valence-electron chi connectivity index (χ2n) is 7.60. The van der Waals surface area contributed by atoms with Crippen LogP contribution in [0.2, 0.25) is 0 Å². The van der Waals surface area contributed by atoms with Gasteiger partial charge in [-0.1, -0.05) is 83.9 Å². The third-order valence-corrected chi connectivity index (χ3v) is 5.41. The molecule has 1 N–H and O–H groups in total. The lowest BCUT2D eigenvalue weighted by Crippen LogP contribution is -2.45. The van der Waals surface area contributed by atoms with Crippen molar-refractivity contribution in [3.63, 3.8) is 0 Å². The number of nitrogens with one attached hydrogen (secondary N) is 1. The van der Waals surface area contributed by atoms with Crippen LogP contribution in [0.5, 0.6) is 0 Å². The van der Waals surface area contributed by atoms with Crippen LogP contribution in [0.25, 0.3) is 11.1 Å². The molecule has 0 bridgehead atoms. The summed E-state index contributed by atoms with van der Waals surface area (Å²) in [6.07, 6.45) is 0. The van der Waals surface area contributed by atoms with Gasteiger partial charge in [0.25, 0.3) is 0 Å². The Labute approximate surface area is 162 Å². The van der Waals surface area contributed by atoms with Crippen LogP contribution in [0, 0.1) is 13.8 Å². The summed E-state index contributed by atoms with van der Waals surface area (Å²) >= 11 is 0. The minimum Gasteiger partial charge on any atom is -0.314 e. The molecule has 1 saturated heterocycles. The van der Waals surface area contributed by atoms with Crippen molar-refractivity contribution in [1.82, 2.24) is 10.2 Å². The first-order chi connectivity index (χ1) is 13.2. The zero-order valence-corrected chi connectivity index (χ0v) is 16.3. The first-order valence-corrected chi connectivity index (χ1v) is 9.89. The average molecular weight is 357 g/mol. The van der Waals surface area contributed by atoms with Gasteiger partial charge in [-0.3, -0.25) is 4.90 Å². The van der Waals surface area contributed by atoms with Gasteiger partial charge in [0.1, 0.15) is 0 Å². The molecule has 1 fully saturated rings. The average Bonchev–Trinajstić information content (AvgIpc) is 2.70. The lowest BCUT2D eigenvalue weighted by Gasteiger charge is -2.36. The summed E-state index contributed by atoms with van der Waals surface area (Å²) in [6, 6.07) is 27.1. The minimum absolute atomic E-state index is 0.315. The van der Waals surface area contributed by atoms with Crippen molar-refractivity contribution in [2.45, 2.75) is 19.9 Å². The smallest absolute Gasteiger partial charge is 0.0602 e. The van der Waals surface area contributed by atoms with Gasteiger partial charge in [-0.15, -0.1) is 0 Å². The summed E-state index contributed by atoms with van der Waals surface area (Å²) in [7, 11) is 0. The predicted octanol–water partition coefficient (Wildman–Crippen LogP) is 4.97. The van der Waals surface area contributed by atoms with Crippen molar-refractivity contribution < 1.29 is 0 Å². The molecule has 0 aromatic heterocycles. The molecule has 1 aliphatic heterocycles. The maximum Gasteiger partial charge on any atom is 0.0602 e. The van der Waals surface area contributed by atoms with Crippen LogP contribution >= 0.6 is 0 Å². The van der Waals surface area contributed by atoms with E-state index >= 15 is 0 Å². The van der Waals surface area contributed by atoms with E-state index in [1.807, 2.05) is 0 Å². The van der Waals surface area contributed by atoms with Gasteiger partial charge < -0.3 is 5.32 Å².